The van der Waals surface area contributed by atoms with Gasteiger partial charge in [-0.3, -0.25) is 0 Å². The fourth-order valence-corrected chi connectivity index (χ4v) is 2.09. The smallest absolute Gasteiger partial charge is 0.420 e. The van der Waals surface area contributed by atoms with Crippen LogP contribution >= 0.6 is 24.0 Å². The third-order valence-corrected chi connectivity index (χ3v) is 3.06. The largest absolute Gasteiger partial charge is 0.490 e. The van der Waals surface area contributed by atoms with Crippen molar-refractivity contribution in [3.63, 3.8) is 0 Å². The number of hydrogen-bond acceptors (Lipinski definition) is 2. The SMILES string of the molecule is Cl.FC(F)(F)c1cc(Cl)ccc1OC1CCNCC1. The van der Waals surface area contributed by atoms with Crippen LogP contribution in [-0.2, 0) is 6.18 Å². The molecule has 108 valence electrons. The maximum atomic E-state index is 12.8. The molecule has 1 heterocycles. The third kappa shape index (κ3) is 4.44. The van der Waals surface area contributed by atoms with Crippen LogP contribution in [0.5, 0.6) is 5.75 Å². The van der Waals surface area contributed by atoms with E-state index in [1.54, 1.807) is 0 Å². The molecule has 0 unspecified atom stereocenters. The maximum Gasteiger partial charge on any atom is 0.420 e. The minimum absolute atomic E-state index is 0. The lowest BCUT2D eigenvalue weighted by Crippen LogP contribution is -2.34. The van der Waals surface area contributed by atoms with Crippen LogP contribution in [0.25, 0.3) is 0 Å². The molecular formula is C12H14Cl2F3NO. The first-order chi connectivity index (χ1) is 8.47. The molecule has 1 aromatic carbocycles. The summed E-state index contributed by atoms with van der Waals surface area (Å²) in [7, 11) is 0. The number of ether oxygens (including phenoxy) is 1. The van der Waals surface area contributed by atoms with Crippen LogP contribution < -0.4 is 10.1 Å². The Morgan fingerprint density at radius 1 is 1.21 bits per heavy atom. The Labute approximate surface area is 120 Å². The lowest BCUT2D eigenvalue weighted by atomic mass is 10.1. The lowest BCUT2D eigenvalue weighted by Gasteiger charge is -2.25. The number of piperidine rings is 1. The van der Waals surface area contributed by atoms with E-state index in [2.05, 4.69) is 5.32 Å². The van der Waals surface area contributed by atoms with E-state index in [0.29, 0.717) is 12.8 Å². The van der Waals surface area contributed by atoms with E-state index in [0.717, 1.165) is 19.2 Å². The topological polar surface area (TPSA) is 21.3 Å². The zero-order chi connectivity index (χ0) is 13.2. The van der Waals surface area contributed by atoms with Crippen molar-refractivity contribution in [2.45, 2.75) is 25.1 Å². The van der Waals surface area contributed by atoms with E-state index in [9.17, 15) is 13.2 Å². The van der Waals surface area contributed by atoms with Crippen LogP contribution in [0.2, 0.25) is 5.02 Å². The fraction of sp³-hybridized carbons (Fsp3) is 0.500. The van der Waals surface area contributed by atoms with Gasteiger partial charge in [0.1, 0.15) is 11.9 Å². The minimum atomic E-state index is -4.45. The second-order valence-electron chi connectivity index (χ2n) is 4.21. The molecule has 0 aromatic heterocycles. The van der Waals surface area contributed by atoms with Crippen molar-refractivity contribution in [3.05, 3.63) is 28.8 Å². The first-order valence-corrected chi connectivity index (χ1v) is 6.09. The van der Waals surface area contributed by atoms with Gasteiger partial charge in [-0.05, 0) is 44.1 Å². The number of rotatable bonds is 2. The molecule has 0 spiro atoms. The second-order valence-corrected chi connectivity index (χ2v) is 4.64. The van der Waals surface area contributed by atoms with Crippen LogP contribution in [0.1, 0.15) is 18.4 Å². The highest BCUT2D eigenvalue weighted by atomic mass is 35.5. The molecule has 7 heteroatoms. The molecule has 1 fully saturated rings. The lowest BCUT2D eigenvalue weighted by molar-refractivity contribution is -0.139. The first-order valence-electron chi connectivity index (χ1n) is 5.71. The fourth-order valence-electron chi connectivity index (χ4n) is 1.92. The number of hydrogen-bond donors (Lipinski definition) is 1. The van der Waals surface area contributed by atoms with Gasteiger partial charge in [0.05, 0.1) is 5.56 Å². The molecule has 1 aromatic rings. The molecule has 2 rings (SSSR count). The van der Waals surface area contributed by atoms with Gasteiger partial charge in [-0.25, -0.2) is 0 Å². The average molecular weight is 316 g/mol. The standard InChI is InChI=1S/C12H13ClF3NO.ClH/c13-8-1-2-11(10(7-8)12(14,15)16)18-9-3-5-17-6-4-9;/h1-2,7,9,17H,3-6H2;1H. The van der Waals surface area contributed by atoms with Crippen molar-refractivity contribution < 1.29 is 17.9 Å². The molecule has 0 amide bonds. The van der Waals surface area contributed by atoms with E-state index < -0.39 is 11.7 Å². The Hall–Kier alpha value is -0.650. The number of halogens is 5. The molecule has 1 aliphatic rings. The summed E-state index contributed by atoms with van der Waals surface area (Å²) in [6.45, 7) is 1.53. The third-order valence-electron chi connectivity index (χ3n) is 2.83. The summed E-state index contributed by atoms with van der Waals surface area (Å²) in [5.41, 5.74) is -0.812. The molecule has 0 radical (unpaired) electrons. The minimum Gasteiger partial charge on any atom is -0.490 e. The van der Waals surface area contributed by atoms with Crippen molar-refractivity contribution in [2.24, 2.45) is 0 Å². The highest BCUT2D eigenvalue weighted by Gasteiger charge is 2.35. The van der Waals surface area contributed by atoms with E-state index in [-0.39, 0.29) is 29.3 Å². The maximum absolute atomic E-state index is 12.8. The van der Waals surface area contributed by atoms with Crippen LogP contribution in [-0.4, -0.2) is 19.2 Å². The first kappa shape index (κ1) is 16.4. The Kier molecular flexibility index (Phi) is 5.77. The van der Waals surface area contributed by atoms with Crippen LogP contribution in [0.15, 0.2) is 18.2 Å². The molecular weight excluding hydrogens is 302 g/mol. The average Bonchev–Trinajstić information content (AvgIpc) is 2.31. The van der Waals surface area contributed by atoms with Gasteiger partial charge in [-0.15, -0.1) is 12.4 Å². The second kappa shape index (κ2) is 6.68. The van der Waals surface area contributed by atoms with E-state index >= 15 is 0 Å². The summed E-state index contributed by atoms with van der Waals surface area (Å²) in [4.78, 5) is 0. The van der Waals surface area contributed by atoms with Gasteiger partial charge >= 0.3 is 6.18 Å². The molecule has 0 atom stereocenters. The summed E-state index contributed by atoms with van der Waals surface area (Å²) >= 11 is 5.60. The van der Waals surface area contributed by atoms with Crippen molar-refractivity contribution in [1.29, 1.82) is 0 Å². The van der Waals surface area contributed by atoms with Crippen LogP contribution in [0.3, 0.4) is 0 Å². The Morgan fingerprint density at radius 3 is 2.42 bits per heavy atom. The van der Waals surface area contributed by atoms with Crippen molar-refractivity contribution in [3.8, 4) is 5.75 Å². The van der Waals surface area contributed by atoms with Crippen LogP contribution in [0, 0.1) is 0 Å². The number of alkyl halides is 3. The van der Waals surface area contributed by atoms with Crippen molar-refractivity contribution >= 4 is 24.0 Å². The predicted octanol–water partition coefficient (Wildman–Crippen LogP) is 3.91. The quantitative estimate of drug-likeness (QED) is 0.893. The number of nitrogens with one attached hydrogen (secondary N) is 1. The van der Waals surface area contributed by atoms with Gasteiger partial charge in [0, 0.05) is 5.02 Å². The molecule has 1 saturated heterocycles. The van der Waals surface area contributed by atoms with Gasteiger partial charge in [-0.1, -0.05) is 11.6 Å². The van der Waals surface area contributed by atoms with Crippen molar-refractivity contribution in [2.75, 3.05) is 13.1 Å². The van der Waals surface area contributed by atoms with Crippen LogP contribution in [0.4, 0.5) is 13.2 Å². The predicted molar refractivity (Wildman–Crippen MR) is 70.2 cm³/mol. The van der Waals surface area contributed by atoms with Gasteiger partial charge in [0.25, 0.3) is 0 Å². The van der Waals surface area contributed by atoms with Gasteiger partial charge in [-0.2, -0.15) is 13.2 Å². The molecule has 1 N–H and O–H groups in total. The summed E-state index contributed by atoms with van der Waals surface area (Å²) in [6, 6.07) is 3.60. The van der Waals surface area contributed by atoms with E-state index in [1.165, 1.54) is 12.1 Å². The molecule has 1 aliphatic heterocycles. The highest BCUT2D eigenvalue weighted by molar-refractivity contribution is 6.30. The summed E-state index contributed by atoms with van der Waals surface area (Å²) in [5.74, 6) is -0.140. The Morgan fingerprint density at radius 2 is 1.84 bits per heavy atom. The monoisotopic (exact) mass is 315 g/mol. The normalized spacial score (nSPS) is 16.8. The van der Waals surface area contributed by atoms with Gasteiger partial charge < -0.3 is 10.1 Å². The molecule has 19 heavy (non-hydrogen) atoms. The Balaban J connectivity index is 0.00000180. The number of benzene rings is 1. The molecule has 0 aliphatic carbocycles. The van der Waals surface area contributed by atoms with E-state index in [1.807, 2.05) is 0 Å². The van der Waals surface area contributed by atoms with Crippen molar-refractivity contribution in [1.82, 2.24) is 5.32 Å². The van der Waals surface area contributed by atoms with Gasteiger partial charge in [0.15, 0.2) is 0 Å². The Bertz CT molecular complexity index is 420. The molecule has 0 saturated carbocycles. The zero-order valence-electron chi connectivity index (χ0n) is 9.97. The summed E-state index contributed by atoms with van der Waals surface area (Å²) in [6.07, 6.45) is -3.21. The zero-order valence-corrected chi connectivity index (χ0v) is 11.5. The summed E-state index contributed by atoms with van der Waals surface area (Å²) < 4.78 is 43.9. The van der Waals surface area contributed by atoms with E-state index in [4.69, 9.17) is 16.3 Å². The molecule has 0 bridgehead atoms. The highest BCUT2D eigenvalue weighted by Crippen LogP contribution is 2.38. The molecule has 2 nitrogen and oxygen atoms in total. The van der Waals surface area contributed by atoms with Gasteiger partial charge in [0.2, 0.25) is 0 Å². The summed E-state index contributed by atoms with van der Waals surface area (Å²) in [5, 5.41) is 3.19.